The molecule has 16 heavy (non-hydrogen) atoms. The third-order valence-corrected chi connectivity index (χ3v) is 2.38. The zero-order valence-corrected chi connectivity index (χ0v) is 12.8. The van der Waals surface area contributed by atoms with E-state index in [2.05, 4.69) is 0 Å². The van der Waals surface area contributed by atoms with E-state index >= 15 is 0 Å². The normalized spacial score (nSPS) is 15.6. The third-order valence-electron chi connectivity index (χ3n) is 1.70. The summed E-state index contributed by atoms with van der Waals surface area (Å²) in [5.41, 5.74) is 0. The fourth-order valence-electron chi connectivity index (χ4n) is 1.25. The molecule has 0 aromatic carbocycles. The van der Waals surface area contributed by atoms with E-state index in [0.717, 1.165) is 0 Å². The van der Waals surface area contributed by atoms with Crippen molar-refractivity contribution < 1.29 is 52.7 Å². The van der Waals surface area contributed by atoms with Crippen LogP contribution < -0.4 is 29.6 Å². The van der Waals surface area contributed by atoms with E-state index in [1.165, 1.54) is 0 Å². The van der Waals surface area contributed by atoms with Crippen LogP contribution in [0.25, 0.3) is 0 Å². The summed E-state index contributed by atoms with van der Waals surface area (Å²) in [5.74, 6) is -0.508. The summed E-state index contributed by atoms with van der Waals surface area (Å²) in [7, 11) is -4.25. The van der Waals surface area contributed by atoms with Crippen molar-refractivity contribution in [1.82, 2.24) is 4.90 Å². The van der Waals surface area contributed by atoms with Crippen molar-refractivity contribution in [3.8, 4) is 0 Å². The molecule has 0 saturated carbocycles. The molecule has 0 spiro atoms. The Hall–Kier alpha value is 0.790. The van der Waals surface area contributed by atoms with E-state index in [4.69, 9.17) is 10.2 Å². The minimum absolute atomic E-state index is 0. The molecule has 0 aliphatic carbocycles. The number of rotatable bonds is 7. The third kappa shape index (κ3) is 12.9. The Kier molecular flexibility index (Phi) is 10.5. The van der Waals surface area contributed by atoms with E-state index in [1.807, 2.05) is 0 Å². The Labute approximate surface area is 119 Å². The van der Waals surface area contributed by atoms with Gasteiger partial charge < -0.3 is 14.8 Å². The van der Waals surface area contributed by atoms with Gasteiger partial charge in [0.15, 0.2) is 0 Å². The van der Waals surface area contributed by atoms with Gasteiger partial charge >= 0.3 is 29.6 Å². The first kappa shape index (κ1) is 19.1. The molecule has 0 aromatic heterocycles. The summed E-state index contributed by atoms with van der Waals surface area (Å²) in [5, 5.41) is 18.2. The largest absolute Gasteiger partial charge is 1.00 e. The average Bonchev–Trinajstić information content (AvgIpc) is 1.96. The monoisotopic (exact) mass is 263 g/mol. The summed E-state index contributed by atoms with van der Waals surface area (Å²) in [6, 6.07) is 0. The standard InChI is InChI=1S/C8H19NO5S.Na/c1-7(10)5-9(6-8(2)11)3-4-15(12,13)14;/h7-8,10-11H,3-6H2,1-2H3,(H,12,13,14);/q;+1/p-1. The minimum Gasteiger partial charge on any atom is -0.748 e. The Bertz CT molecular complexity index is 258. The van der Waals surface area contributed by atoms with Crippen LogP contribution in [-0.2, 0) is 10.1 Å². The molecule has 0 heterocycles. The second-order valence-electron chi connectivity index (χ2n) is 3.72. The van der Waals surface area contributed by atoms with E-state index in [1.54, 1.807) is 18.7 Å². The minimum atomic E-state index is -4.25. The summed E-state index contributed by atoms with van der Waals surface area (Å²) in [6.07, 6.45) is -1.25. The molecule has 0 aliphatic rings. The first-order chi connectivity index (χ1) is 6.70. The maximum atomic E-state index is 10.4. The van der Waals surface area contributed by atoms with Gasteiger partial charge in [0.2, 0.25) is 0 Å². The van der Waals surface area contributed by atoms with Crippen LogP contribution in [0, 0.1) is 0 Å². The predicted octanol–water partition coefficient (Wildman–Crippen LogP) is -4.40. The zero-order chi connectivity index (χ0) is 12.1. The van der Waals surface area contributed by atoms with Crippen molar-refractivity contribution in [2.24, 2.45) is 0 Å². The molecule has 0 amide bonds. The molecule has 92 valence electrons. The first-order valence-corrected chi connectivity index (χ1v) is 6.30. The van der Waals surface area contributed by atoms with Crippen LogP contribution in [0.4, 0.5) is 0 Å². The van der Waals surface area contributed by atoms with Crippen molar-refractivity contribution in [3.05, 3.63) is 0 Å². The molecule has 0 bridgehead atoms. The van der Waals surface area contributed by atoms with Crippen LogP contribution >= 0.6 is 0 Å². The second-order valence-corrected chi connectivity index (χ2v) is 5.24. The maximum Gasteiger partial charge on any atom is 1.00 e. The van der Waals surface area contributed by atoms with Crippen molar-refractivity contribution in [3.63, 3.8) is 0 Å². The Morgan fingerprint density at radius 1 is 1.19 bits per heavy atom. The van der Waals surface area contributed by atoms with E-state index < -0.39 is 28.1 Å². The van der Waals surface area contributed by atoms with E-state index in [0.29, 0.717) is 0 Å². The molecule has 8 heteroatoms. The van der Waals surface area contributed by atoms with Gasteiger partial charge in [0.05, 0.1) is 28.1 Å². The summed E-state index contributed by atoms with van der Waals surface area (Å²) in [6.45, 7) is 3.62. The summed E-state index contributed by atoms with van der Waals surface area (Å²) >= 11 is 0. The Morgan fingerprint density at radius 3 is 1.81 bits per heavy atom. The molecule has 0 saturated heterocycles. The van der Waals surface area contributed by atoms with Gasteiger partial charge in [-0.25, -0.2) is 8.42 Å². The number of hydrogen-bond acceptors (Lipinski definition) is 6. The molecule has 0 aromatic rings. The van der Waals surface area contributed by atoms with Gasteiger partial charge in [-0.15, -0.1) is 0 Å². The number of hydrogen-bond donors (Lipinski definition) is 2. The number of nitrogens with zero attached hydrogens (tertiary/aromatic N) is 1. The van der Waals surface area contributed by atoms with Gasteiger partial charge in [-0.2, -0.15) is 0 Å². The van der Waals surface area contributed by atoms with Crippen molar-refractivity contribution in [2.45, 2.75) is 26.1 Å². The fraction of sp³-hybridized carbons (Fsp3) is 1.00. The maximum absolute atomic E-state index is 10.4. The summed E-state index contributed by atoms with van der Waals surface area (Å²) < 4.78 is 31.2. The van der Waals surface area contributed by atoms with Crippen molar-refractivity contribution >= 4 is 10.1 Å². The van der Waals surface area contributed by atoms with Gasteiger partial charge in [-0.3, -0.25) is 4.90 Å². The van der Waals surface area contributed by atoms with Crippen molar-refractivity contribution in [2.75, 3.05) is 25.4 Å². The Balaban J connectivity index is 0. The molecule has 2 N–H and O–H groups in total. The fourth-order valence-corrected chi connectivity index (χ4v) is 1.73. The van der Waals surface area contributed by atoms with Gasteiger partial charge in [0.1, 0.15) is 0 Å². The van der Waals surface area contributed by atoms with Crippen LogP contribution in [-0.4, -0.2) is 65.7 Å². The Morgan fingerprint density at radius 2 is 1.56 bits per heavy atom. The van der Waals surface area contributed by atoms with E-state index in [9.17, 15) is 13.0 Å². The molecule has 0 aliphatic heterocycles. The first-order valence-electron chi connectivity index (χ1n) is 4.72. The zero-order valence-electron chi connectivity index (χ0n) is 9.96. The molecular weight excluding hydrogens is 245 g/mol. The van der Waals surface area contributed by atoms with Gasteiger partial charge in [0, 0.05) is 19.6 Å². The van der Waals surface area contributed by atoms with Crippen LogP contribution in [0.5, 0.6) is 0 Å². The smallest absolute Gasteiger partial charge is 0.748 e. The van der Waals surface area contributed by atoms with Gasteiger partial charge in [0.25, 0.3) is 0 Å². The quantitative estimate of drug-likeness (QED) is 0.355. The molecule has 6 nitrogen and oxygen atoms in total. The van der Waals surface area contributed by atoms with Crippen LogP contribution in [0.3, 0.4) is 0 Å². The van der Waals surface area contributed by atoms with Crippen LogP contribution in [0.15, 0.2) is 0 Å². The molecule has 0 fully saturated rings. The summed E-state index contributed by atoms with van der Waals surface area (Å²) in [4.78, 5) is 1.55. The predicted molar refractivity (Wildman–Crippen MR) is 54.4 cm³/mol. The molecule has 2 unspecified atom stereocenters. The molecule has 0 radical (unpaired) electrons. The second kappa shape index (κ2) is 8.82. The SMILES string of the molecule is CC(O)CN(CCS(=O)(=O)[O-])CC(C)O.[Na+]. The van der Waals surface area contributed by atoms with Crippen LogP contribution in [0.1, 0.15) is 13.8 Å². The number of aliphatic hydroxyl groups excluding tert-OH is 2. The molecular formula is C8H18NNaO5S. The van der Waals surface area contributed by atoms with Gasteiger partial charge in [-0.1, -0.05) is 0 Å². The average molecular weight is 263 g/mol. The van der Waals surface area contributed by atoms with Crippen LogP contribution in [0.2, 0.25) is 0 Å². The molecule has 2 atom stereocenters. The topological polar surface area (TPSA) is 101 Å². The van der Waals surface area contributed by atoms with E-state index in [-0.39, 0.29) is 49.2 Å². The number of aliphatic hydroxyl groups is 2. The van der Waals surface area contributed by atoms with Gasteiger partial charge in [-0.05, 0) is 13.8 Å². The van der Waals surface area contributed by atoms with Crippen molar-refractivity contribution in [1.29, 1.82) is 0 Å². The molecule has 0 rings (SSSR count).